The number of aromatic nitrogens is 1. The van der Waals surface area contributed by atoms with Crippen molar-refractivity contribution in [3.8, 4) is 0 Å². The van der Waals surface area contributed by atoms with Gasteiger partial charge in [-0.3, -0.25) is 24.9 Å². The minimum absolute atomic E-state index is 0.147. The number of unbranched alkanes of at least 4 members (excludes halogenated alkanes) is 1. The molecule has 0 amide bonds. The molecule has 0 bridgehead atoms. The second-order valence-electron chi connectivity index (χ2n) is 3.83. The SMILES string of the molecule is CCCCOCC(=O)n1cc(Br)c(=N)c([N+](=O)[O-])c1. The van der Waals surface area contributed by atoms with Gasteiger partial charge in [-0.05, 0) is 22.4 Å². The lowest BCUT2D eigenvalue weighted by Crippen LogP contribution is -2.21. The maximum Gasteiger partial charge on any atom is 0.311 e. The van der Waals surface area contributed by atoms with E-state index in [-0.39, 0.29) is 16.4 Å². The molecule has 0 aliphatic rings. The Bertz CT molecular complexity index is 541. The topological polar surface area (TPSA) is 98.2 Å². The van der Waals surface area contributed by atoms with Gasteiger partial charge in [0.05, 0.1) is 15.6 Å². The van der Waals surface area contributed by atoms with Crippen molar-refractivity contribution in [1.82, 2.24) is 4.57 Å². The molecular weight excluding hydrogens is 318 g/mol. The van der Waals surface area contributed by atoms with Crippen LogP contribution < -0.4 is 5.36 Å². The molecule has 8 heteroatoms. The first-order valence-corrected chi connectivity index (χ1v) is 6.48. The fourth-order valence-corrected chi connectivity index (χ4v) is 1.73. The molecule has 0 spiro atoms. The van der Waals surface area contributed by atoms with E-state index in [0.717, 1.165) is 23.6 Å². The molecule has 0 aliphatic heterocycles. The highest BCUT2D eigenvalue weighted by molar-refractivity contribution is 9.10. The van der Waals surface area contributed by atoms with Crippen LogP contribution in [0.25, 0.3) is 0 Å². The number of nitro groups is 1. The van der Waals surface area contributed by atoms with Crippen molar-refractivity contribution in [1.29, 1.82) is 5.41 Å². The number of rotatable bonds is 6. The van der Waals surface area contributed by atoms with Gasteiger partial charge in [-0.2, -0.15) is 0 Å². The number of carbonyl (C=O) groups is 1. The van der Waals surface area contributed by atoms with E-state index in [2.05, 4.69) is 15.9 Å². The average molecular weight is 332 g/mol. The van der Waals surface area contributed by atoms with Crippen LogP contribution >= 0.6 is 15.9 Å². The van der Waals surface area contributed by atoms with E-state index in [4.69, 9.17) is 10.1 Å². The smallest absolute Gasteiger partial charge is 0.311 e. The Balaban J connectivity index is 2.86. The highest BCUT2D eigenvalue weighted by Gasteiger charge is 2.15. The van der Waals surface area contributed by atoms with Crippen LogP contribution in [0.15, 0.2) is 16.9 Å². The Morgan fingerprint density at radius 2 is 2.26 bits per heavy atom. The van der Waals surface area contributed by atoms with E-state index < -0.39 is 16.5 Å². The minimum atomic E-state index is -0.700. The summed E-state index contributed by atoms with van der Waals surface area (Å²) >= 11 is 3.02. The normalized spacial score (nSPS) is 10.4. The van der Waals surface area contributed by atoms with E-state index in [1.54, 1.807) is 0 Å². The summed E-state index contributed by atoms with van der Waals surface area (Å²) in [6.07, 6.45) is 4.17. The summed E-state index contributed by atoms with van der Waals surface area (Å²) in [5.74, 6) is -0.417. The molecule has 19 heavy (non-hydrogen) atoms. The molecule has 0 atom stereocenters. The first-order chi connectivity index (χ1) is 8.97. The van der Waals surface area contributed by atoms with Crippen molar-refractivity contribution >= 4 is 27.5 Å². The van der Waals surface area contributed by atoms with Crippen molar-refractivity contribution < 1.29 is 14.5 Å². The van der Waals surface area contributed by atoms with Crippen molar-refractivity contribution in [2.75, 3.05) is 13.2 Å². The van der Waals surface area contributed by atoms with E-state index >= 15 is 0 Å². The zero-order chi connectivity index (χ0) is 14.4. The lowest BCUT2D eigenvalue weighted by Gasteiger charge is -2.07. The van der Waals surface area contributed by atoms with Crippen LogP contribution in [0.4, 0.5) is 5.69 Å². The molecular formula is C11H14BrN3O4. The van der Waals surface area contributed by atoms with Gasteiger partial charge in [-0.15, -0.1) is 0 Å². The van der Waals surface area contributed by atoms with E-state index in [0.29, 0.717) is 6.61 Å². The Kier molecular flexibility index (Phi) is 5.84. The molecule has 0 saturated heterocycles. The summed E-state index contributed by atoms with van der Waals surface area (Å²) in [6, 6.07) is 0. The van der Waals surface area contributed by atoms with Crippen LogP contribution in [0, 0.1) is 15.5 Å². The van der Waals surface area contributed by atoms with Gasteiger partial charge in [-0.25, -0.2) is 0 Å². The molecule has 7 nitrogen and oxygen atoms in total. The van der Waals surface area contributed by atoms with Gasteiger partial charge in [0.25, 0.3) is 5.91 Å². The van der Waals surface area contributed by atoms with Gasteiger partial charge < -0.3 is 4.74 Å². The number of carbonyl (C=O) groups excluding carboxylic acids is 1. The summed E-state index contributed by atoms with van der Waals surface area (Å²) in [5, 5.41) is 18.0. The quantitative estimate of drug-likeness (QED) is 0.490. The standard InChI is InChI=1S/C11H14BrN3O4/c1-2-3-4-19-7-10(16)14-5-8(12)11(13)9(6-14)15(17)18/h5-6,13H,2-4,7H2,1H3. The van der Waals surface area contributed by atoms with Crippen LogP contribution in [0.2, 0.25) is 0 Å². The maximum absolute atomic E-state index is 11.8. The Morgan fingerprint density at radius 3 is 2.84 bits per heavy atom. The number of pyridine rings is 1. The Morgan fingerprint density at radius 1 is 1.58 bits per heavy atom. The summed E-state index contributed by atoms with van der Waals surface area (Å²) < 4.78 is 6.40. The van der Waals surface area contributed by atoms with Gasteiger partial charge in [0.1, 0.15) is 12.0 Å². The highest BCUT2D eigenvalue weighted by Crippen LogP contribution is 2.10. The first-order valence-electron chi connectivity index (χ1n) is 5.69. The third-order valence-electron chi connectivity index (χ3n) is 2.36. The number of hydrogen-bond donors (Lipinski definition) is 1. The van der Waals surface area contributed by atoms with Crippen LogP contribution in [0.5, 0.6) is 0 Å². The van der Waals surface area contributed by atoms with Crippen molar-refractivity contribution in [2.45, 2.75) is 19.8 Å². The lowest BCUT2D eigenvalue weighted by molar-refractivity contribution is -0.386. The zero-order valence-electron chi connectivity index (χ0n) is 10.4. The van der Waals surface area contributed by atoms with Crippen LogP contribution in [-0.2, 0) is 4.74 Å². The van der Waals surface area contributed by atoms with E-state index in [1.807, 2.05) is 6.92 Å². The number of halogens is 1. The van der Waals surface area contributed by atoms with Gasteiger partial charge in [0.2, 0.25) is 0 Å². The maximum atomic E-state index is 11.8. The van der Waals surface area contributed by atoms with Crippen molar-refractivity contribution in [2.24, 2.45) is 0 Å². The predicted molar refractivity (Wildman–Crippen MR) is 71.0 cm³/mol. The largest absolute Gasteiger partial charge is 0.372 e. The Hall–Kier alpha value is -1.54. The first kappa shape index (κ1) is 15.5. The average Bonchev–Trinajstić information content (AvgIpc) is 2.37. The molecule has 1 heterocycles. The molecule has 1 rings (SSSR count). The second kappa shape index (κ2) is 7.15. The molecule has 0 fully saturated rings. The molecule has 0 radical (unpaired) electrons. The number of hydrogen-bond acceptors (Lipinski definition) is 5. The van der Waals surface area contributed by atoms with Crippen molar-refractivity contribution in [3.05, 3.63) is 32.3 Å². The molecule has 104 valence electrons. The van der Waals surface area contributed by atoms with Gasteiger partial charge >= 0.3 is 5.69 Å². The monoisotopic (exact) mass is 331 g/mol. The molecule has 1 N–H and O–H groups in total. The molecule has 0 saturated carbocycles. The van der Waals surface area contributed by atoms with E-state index in [1.165, 1.54) is 6.20 Å². The third-order valence-corrected chi connectivity index (χ3v) is 2.96. The summed E-state index contributed by atoms with van der Waals surface area (Å²) in [5.41, 5.74) is -0.434. The highest BCUT2D eigenvalue weighted by atomic mass is 79.9. The summed E-state index contributed by atoms with van der Waals surface area (Å²) in [7, 11) is 0. The van der Waals surface area contributed by atoms with Crippen LogP contribution in [0.1, 0.15) is 24.6 Å². The second-order valence-corrected chi connectivity index (χ2v) is 4.68. The molecule has 0 aromatic carbocycles. The fourth-order valence-electron chi connectivity index (χ4n) is 1.31. The zero-order valence-corrected chi connectivity index (χ0v) is 12.0. The molecule has 0 aliphatic carbocycles. The van der Waals surface area contributed by atoms with E-state index in [9.17, 15) is 14.9 Å². The minimum Gasteiger partial charge on any atom is -0.372 e. The summed E-state index contributed by atoms with van der Waals surface area (Å²) in [6.45, 7) is 2.33. The number of nitrogens with zero attached hydrogens (tertiary/aromatic N) is 2. The molecule has 1 aromatic heterocycles. The third kappa shape index (κ3) is 4.25. The summed E-state index contributed by atoms with van der Waals surface area (Å²) in [4.78, 5) is 21.8. The number of ether oxygens (including phenoxy) is 1. The van der Waals surface area contributed by atoms with Crippen molar-refractivity contribution in [3.63, 3.8) is 0 Å². The number of nitrogens with one attached hydrogen (secondary N) is 1. The molecule has 1 aromatic rings. The van der Waals surface area contributed by atoms with Crippen LogP contribution in [-0.4, -0.2) is 28.6 Å². The van der Waals surface area contributed by atoms with Crippen LogP contribution in [0.3, 0.4) is 0 Å². The Labute approximate surface area is 118 Å². The van der Waals surface area contributed by atoms with Gasteiger partial charge in [0, 0.05) is 12.8 Å². The van der Waals surface area contributed by atoms with Gasteiger partial charge in [0.15, 0.2) is 0 Å². The lowest BCUT2D eigenvalue weighted by atomic mass is 10.3. The predicted octanol–water partition coefficient (Wildman–Crippen LogP) is 2.10. The molecule has 0 unspecified atom stereocenters. The fraction of sp³-hybridized carbons (Fsp3) is 0.455. The van der Waals surface area contributed by atoms with Gasteiger partial charge in [-0.1, -0.05) is 13.3 Å².